The lowest BCUT2D eigenvalue weighted by Gasteiger charge is -2.20. The van der Waals surface area contributed by atoms with Gasteiger partial charge in [-0.2, -0.15) is 0 Å². The van der Waals surface area contributed by atoms with Crippen molar-refractivity contribution in [1.82, 2.24) is 4.90 Å². The zero-order chi connectivity index (χ0) is 16.4. The molecule has 1 heterocycles. The van der Waals surface area contributed by atoms with Crippen LogP contribution in [-0.4, -0.2) is 23.9 Å². The van der Waals surface area contributed by atoms with Crippen LogP contribution in [0.4, 0.5) is 5.00 Å². The van der Waals surface area contributed by atoms with Crippen molar-refractivity contribution in [3.8, 4) is 11.1 Å². The van der Waals surface area contributed by atoms with Crippen LogP contribution in [0.25, 0.3) is 11.1 Å². The Labute approximate surface area is 136 Å². The SMILES string of the molecule is CCN(CC)C(=O)c1c(N)sc(C)c1-c1ccc(C)c(C)c1. The number of amides is 1. The van der Waals surface area contributed by atoms with Gasteiger partial charge in [0, 0.05) is 23.5 Å². The maximum atomic E-state index is 12.8. The van der Waals surface area contributed by atoms with Gasteiger partial charge in [0.15, 0.2) is 0 Å². The summed E-state index contributed by atoms with van der Waals surface area (Å²) in [5, 5.41) is 0.614. The van der Waals surface area contributed by atoms with E-state index in [1.807, 2.05) is 25.7 Å². The van der Waals surface area contributed by atoms with Gasteiger partial charge >= 0.3 is 0 Å². The molecule has 1 aromatic carbocycles. The molecule has 2 aromatic rings. The number of carbonyl (C=O) groups excluding carboxylic acids is 1. The van der Waals surface area contributed by atoms with Gasteiger partial charge in [-0.15, -0.1) is 11.3 Å². The molecule has 1 amide bonds. The summed E-state index contributed by atoms with van der Waals surface area (Å²) in [6.07, 6.45) is 0. The van der Waals surface area contributed by atoms with Crippen LogP contribution in [-0.2, 0) is 0 Å². The maximum absolute atomic E-state index is 12.8. The quantitative estimate of drug-likeness (QED) is 0.908. The number of nitrogen functional groups attached to an aromatic ring is 1. The highest BCUT2D eigenvalue weighted by atomic mass is 32.1. The topological polar surface area (TPSA) is 46.3 Å². The summed E-state index contributed by atoms with van der Waals surface area (Å²) >= 11 is 1.50. The fourth-order valence-electron chi connectivity index (χ4n) is 2.69. The van der Waals surface area contributed by atoms with Gasteiger partial charge in [-0.25, -0.2) is 0 Å². The molecule has 22 heavy (non-hydrogen) atoms. The predicted molar refractivity (Wildman–Crippen MR) is 95.6 cm³/mol. The molecule has 0 atom stereocenters. The van der Waals surface area contributed by atoms with Crippen LogP contribution in [0.5, 0.6) is 0 Å². The summed E-state index contributed by atoms with van der Waals surface area (Å²) in [6, 6.07) is 6.32. The second-order valence-electron chi connectivity index (χ2n) is 5.55. The third-order valence-electron chi connectivity index (χ3n) is 4.17. The molecule has 3 nitrogen and oxygen atoms in total. The van der Waals surface area contributed by atoms with Crippen LogP contribution >= 0.6 is 11.3 Å². The summed E-state index contributed by atoms with van der Waals surface area (Å²) in [6.45, 7) is 11.6. The molecule has 0 aliphatic carbocycles. The lowest BCUT2D eigenvalue weighted by atomic mass is 9.97. The Kier molecular flexibility index (Phi) is 4.91. The Hall–Kier alpha value is -1.81. The molecule has 0 fully saturated rings. The molecule has 0 aliphatic heterocycles. The summed E-state index contributed by atoms with van der Waals surface area (Å²) in [7, 11) is 0. The van der Waals surface area contributed by atoms with Crippen molar-refractivity contribution in [2.24, 2.45) is 0 Å². The number of nitrogens with two attached hydrogens (primary N) is 1. The Morgan fingerprint density at radius 3 is 2.32 bits per heavy atom. The van der Waals surface area contributed by atoms with Crippen molar-refractivity contribution in [1.29, 1.82) is 0 Å². The van der Waals surface area contributed by atoms with E-state index in [0.29, 0.717) is 23.7 Å². The van der Waals surface area contributed by atoms with Gasteiger partial charge in [-0.05, 0) is 51.3 Å². The van der Waals surface area contributed by atoms with Crippen molar-refractivity contribution < 1.29 is 4.79 Å². The summed E-state index contributed by atoms with van der Waals surface area (Å²) in [5.41, 5.74) is 11.4. The molecule has 0 saturated carbocycles. The minimum atomic E-state index is 0.0279. The Bertz CT molecular complexity index is 699. The first-order valence-corrected chi connectivity index (χ1v) is 8.48. The number of carbonyl (C=O) groups is 1. The van der Waals surface area contributed by atoms with Gasteiger partial charge in [-0.1, -0.05) is 18.2 Å². The van der Waals surface area contributed by atoms with Crippen LogP contribution in [0.2, 0.25) is 0 Å². The summed E-state index contributed by atoms with van der Waals surface area (Å²) < 4.78 is 0. The Morgan fingerprint density at radius 1 is 1.14 bits per heavy atom. The maximum Gasteiger partial charge on any atom is 0.257 e. The van der Waals surface area contributed by atoms with Crippen molar-refractivity contribution in [2.45, 2.75) is 34.6 Å². The lowest BCUT2D eigenvalue weighted by molar-refractivity contribution is 0.0775. The fraction of sp³-hybridized carbons (Fsp3) is 0.389. The largest absolute Gasteiger partial charge is 0.390 e. The molecular weight excluding hydrogens is 292 g/mol. The zero-order valence-electron chi connectivity index (χ0n) is 14.0. The molecule has 0 radical (unpaired) electrons. The van der Waals surface area contributed by atoms with Gasteiger partial charge < -0.3 is 10.6 Å². The first-order valence-electron chi connectivity index (χ1n) is 7.66. The van der Waals surface area contributed by atoms with E-state index in [0.717, 1.165) is 16.0 Å². The smallest absolute Gasteiger partial charge is 0.257 e. The zero-order valence-corrected chi connectivity index (χ0v) is 14.8. The van der Waals surface area contributed by atoms with Gasteiger partial charge in [0.25, 0.3) is 5.91 Å². The monoisotopic (exact) mass is 316 g/mol. The second-order valence-corrected chi connectivity index (χ2v) is 6.81. The average Bonchev–Trinajstić information content (AvgIpc) is 2.77. The van der Waals surface area contributed by atoms with Gasteiger partial charge in [-0.3, -0.25) is 4.79 Å². The number of hydrogen-bond acceptors (Lipinski definition) is 3. The fourth-order valence-corrected chi connectivity index (χ4v) is 3.64. The van der Waals surface area contributed by atoms with Crippen LogP contribution < -0.4 is 5.73 Å². The highest BCUT2D eigenvalue weighted by Crippen LogP contribution is 2.39. The number of thiophene rings is 1. The molecule has 118 valence electrons. The molecule has 0 aliphatic rings. The van der Waals surface area contributed by atoms with Crippen molar-refractivity contribution >= 4 is 22.2 Å². The number of rotatable bonds is 4. The van der Waals surface area contributed by atoms with Gasteiger partial charge in [0.1, 0.15) is 0 Å². The molecule has 1 aromatic heterocycles. The Balaban J connectivity index is 2.61. The number of hydrogen-bond donors (Lipinski definition) is 1. The molecule has 0 unspecified atom stereocenters. The predicted octanol–water partition coefficient (Wildman–Crippen LogP) is 4.40. The molecule has 0 saturated heterocycles. The second kappa shape index (κ2) is 6.53. The van der Waals surface area contributed by atoms with Gasteiger partial charge in [0.05, 0.1) is 10.6 Å². The van der Waals surface area contributed by atoms with Crippen molar-refractivity contribution in [2.75, 3.05) is 18.8 Å². The normalized spacial score (nSPS) is 10.8. The van der Waals surface area contributed by atoms with Crippen LogP contribution in [0.3, 0.4) is 0 Å². The van der Waals surface area contributed by atoms with E-state index in [-0.39, 0.29) is 5.91 Å². The standard InChI is InChI=1S/C18H24N2OS/c1-6-20(7-2)18(21)16-15(13(5)22-17(16)19)14-9-8-11(3)12(4)10-14/h8-10H,6-7,19H2,1-5H3. The van der Waals surface area contributed by atoms with Crippen molar-refractivity contribution in [3.05, 3.63) is 39.8 Å². The molecule has 0 spiro atoms. The number of anilines is 1. The summed E-state index contributed by atoms with van der Waals surface area (Å²) in [5.74, 6) is 0.0279. The van der Waals surface area contributed by atoms with E-state index >= 15 is 0 Å². The minimum absolute atomic E-state index is 0.0279. The van der Waals surface area contributed by atoms with E-state index in [9.17, 15) is 4.79 Å². The third kappa shape index (κ3) is 2.88. The Morgan fingerprint density at radius 2 is 1.77 bits per heavy atom. The van der Waals surface area contributed by atoms with E-state index in [1.165, 1.54) is 22.5 Å². The van der Waals surface area contributed by atoms with E-state index < -0.39 is 0 Å². The van der Waals surface area contributed by atoms with Crippen LogP contribution in [0.1, 0.15) is 40.2 Å². The molecule has 2 N–H and O–H groups in total. The highest BCUT2D eigenvalue weighted by molar-refractivity contribution is 7.16. The number of aryl methyl sites for hydroxylation is 3. The number of benzene rings is 1. The summed E-state index contributed by atoms with van der Waals surface area (Å²) in [4.78, 5) is 15.8. The van der Waals surface area contributed by atoms with E-state index in [4.69, 9.17) is 5.73 Å². The van der Waals surface area contributed by atoms with Crippen LogP contribution in [0.15, 0.2) is 18.2 Å². The molecule has 0 bridgehead atoms. The molecule has 2 rings (SSSR count). The van der Waals surface area contributed by atoms with Crippen molar-refractivity contribution in [3.63, 3.8) is 0 Å². The highest BCUT2D eigenvalue weighted by Gasteiger charge is 2.24. The van der Waals surface area contributed by atoms with Gasteiger partial charge in [0.2, 0.25) is 0 Å². The van der Waals surface area contributed by atoms with E-state index in [2.05, 4.69) is 32.0 Å². The van der Waals surface area contributed by atoms with Crippen LogP contribution in [0, 0.1) is 20.8 Å². The molecule has 4 heteroatoms. The van der Waals surface area contributed by atoms with E-state index in [1.54, 1.807) is 0 Å². The third-order valence-corrected chi connectivity index (χ3v) is 5.11. The molecular formula is C18H24N2OS. The first-order chi connectivity index (χ1) is 10.4. The number of nitrogens with zero attached hydrogens (tertiary/aromatic N) is 1. The minimum Gasteiger partial charge on any atom is -0.390 e. The average molecular weight is 316 g/mol. The first kappa shape index (κ1) is 16.6. The lowest BCUT2D eigenvalue weighted by Crippen LogP contribution is -2.31.